The van der Waals surface area contributed by atoms with Gasteiger partial charge in [-0.2, -0.15) is 11.8 Å². The predicted octanol–water partition coefficient (Wildman–Crippen LogP) is 3.11. The minimum atomic E-state index is -0.143. The molecule has 1 unspecified atom stereocenters. The highest BCUT2D eigenvalue weighted by molar-refractivity contribution is 7.99. The van der Waals surface area contributed by atoms with Gasteiger partial charge in [0.1, 0.15) is 11.6 Å². The Morgan fingerprint density at radius 3 is 2.78 bits per heavy atom. The normalized spacial score (nSPS) is 12.2. The van der Waals surface area contributed by atoms with Gasteiger partial charge < -0.3 is 9.88 Å². The van der Waals surface area contributed by atoms with Gasteiger partial charge >= 0.3 is 0 Å². The van der Waals surface area contributed by atoms with Gasteiger partial charge in [0.15, 0.2) is 0 Å². The van der Waals surface area contributed by atoms with Gasteiger partial charge in [0.25, 0.3) is 5.56 Å². The molecule has 0 radical (unpaired) electrons. The first kappa shape index (κ1) is 17.5. The molecule has 2 aromatic rings. The molecule has 23 heavy (non-hydrogen) atoms. The third-order valence-corrected chi connectivity index (χ3v) is 4.73. The zero-order chi connectivity index (χ0) is 16.8. The van der Waals surface area contributed by atoms with Gasteiger partial charge in [-0.1, -0.05) is 6.92 Å². The Labute approximate surface area is 141 Å². The van der Waals surface area contributed by atoms with E-state index in [0.29, 0.717) is 17.6 Å². The minimum Gasteiger partial charge on any atom is -0.357 e. The lowest BCUT2D eigenvalue weighted by Gasteiger charge is -2.26. The molecule has 2 rings (SSSR count). The molecule has 6 heteroatoms. The molecule has 0 fully saturated rings. The number of anilines is 1. The van der Waals surface area contributed by atoms with E-state index in [-0.39, 0.29) is 5.56 Å². The van der Waals surface area contributed by atoms with Crippen molar-refractivity contribution in [2.24, 2.45) is 0 Å². The number of thioether (sulfide) groups is 1. The zero-order valence-electron chi connectivity index (χ0n) is 14.2. The molecule has 0 bridgehead atoms. The van der Waals surface area contributed by atoms with Crippen molar-refractivity contribution in [1.82, 2.24) is 15.0 Å². The van der Waals surface area contributed by atoms with Gasteiger partial charge in [-0.15, -0.1) is 0 Å². The van der Waals surface area contributed by atoms with Crippen LogP contribution >= 0.6 is 11.8 Å². The summed E-state index contributed by atoms with van der Waals surface area (Å²) in [6.07, 6.45) is 2.89. The highest BCUT2D eigenvalue weighted by Gasteiger charge is 2.11. The van der Waals surface area contributed by atoms with E-state index in [1.165, 1.54) is 6.07 Å². The Hall–Kier alpha value is -1.82. The van der Waals surface area contributed by atoms with Gasteiger partial charge in [0, 0.05) is 36.6 Å². The minimum absolute atomic E-state index is 0.143. The zero-order valence-corrected chi connectivity index (χ0v) is 15.0. The van der Waals surface area contributed by atoms with E-state index < -0.39 is 0 Å². The van der Waals surface area contributed by atoms with E-state index in [1.807, 2.05) is 30.8 Å². The lowest BCUT2D eigenvalue weighted by Crippen LogP contribution is -2.30. The van der Waals surface area contributed by atoms with Crippen LogP contribution in [0.15, 0.2) is 29.2 Å². The molecular weight excluding hydrogens is 308 g/mol. The van der Waals surface area contributed by atoms with Crippen molar-refractivity contribution in [1.29, 1.82) is 0 Å². The van der Waals surface area contributed by atoms with Crippen molar-refractivity contribution < 1.29 is 0 Å². The molecule has 2 heterocycles. The van der Waals surface area contributed by atoms with Crippen LogP contribution in [0.5, 0.6) is 0 Å². The van der Waals surface area contributed by atoms with Crippen molar-refractivity contribution >= 4 is 17.6 Å². The summed E-state index contributed by atoms with van der Waals surface area (Å²) in [7, 11) is 2.07. The first-order valence-corrected chi connectivity index (χ1v) is 9.01. The maximum absolute atomic E-state index is 11.5. The number of hydrogen-bond acceptors (Lipinski definition) is 5. The Kier molecular flexibility index (Phi) is 6.21. The smallest absolute Gasteiger partial charge is 0.251 e. The number of aromatic nitrogens is 3. The molecule has 2 aromatic heterocycles. The van der Waals surface area contributed by atoms with Crippen LogP contribution in [0.2, 0.25) is 0 Å². The molecule has 1 N–H and O–H groups in total. The second kappa shape index (κ2) is 8.15. The molecule has 0 aliphatic carbocycles. The quantitative estimate of drug-likeness (QED) is 0.789. The van der Waals surface area contributed by atoms with Crippen LogP contribution in [-0.4, -0.2) is 39.5 Å². The van der Waals surface area contributed by atoms with Crippen LogP contribution in [0.25, 0.3) is 11.4 Å². The summed E-state index contributed by atoms with van der Waals surface area (Å²) in [5.41, 5.74) is 1.37. The van der Waals surface area contributed by atoms with E-state index in [2.05, 4.69) is 40.7 Å². The molecule has 124 valence electrons. The van der Waals surface area contributed by atoms with Crippen molar-refractivity contribution in [3.63, 3.8) is 0 Å². The number of hydrogen-bond donors (Lipinski definition) is 1. The number of aryl methyl sites for hydroxylation is 1. The maximum Gasteiger partial charge on any atom is 0.251 e. The second-order valence-corrected chi connectivity index (χ2v) is 6.98. The number of aromatic amines is 1. The van der Waals surface area contributed by atoms with Crippen LogP contribution in [-0.2, 0) is 0 Å². The third-order valence-electron chi connectivity index (χ3n) is 3.80. The molecule has 5 nitrogen and oxygen atoms in total. The van der Waals surface area contributed by atoms with E-state index in [0.717, 1.165) is 29.3 Å². The molecule has 1 atom stereocenters. The van der Waals surface area contributed by atoms with Crippen molar-refractivity contribution in [2.45, 2.75) is 33.2 Å². The first-order chi connectivity index (χ1) is 11.0. The molecule has 0 aliphatic heterocycles. The van der Waals surface area contributed by atoms with Crippen LogP contribution in [0.4, 0.5) is 5.82 Å². The van der Waals surface area contributed by atoms with Crippen LogP contribution in [0, 0.1) is 6.92 Å². The van der Waals surface area contributed by atoms with Crippen molar-refractivity contribution in [2.75, 3.05) is 23.5 Å². The largest absolute Gasteiger partial charge is 0.357 e. The second-order valence-electron chi connectivity index (χ2n) is 5.59. The Morgan fingerprint density at radius 1 is 1.39 bits per heavy atom. The molecular formula is C17H24N4OS. The SMILES string of the molecule is CCSCCC(C)N(C)c1ccc(-c2nc(C)cc(=O)[nH]2)cn1. The van der Waals surface area contributed by atoms with E-state index in [9.17, 15) is 4.79 Å². The monoisotopic (exact) mass is 332 g/mol. The summed E-state index contributed by atoms with van der Waals surface area (Å²) >= 11 is 1.96. The van der Waals surface area contributed by atoms with Gasteiger partial charge in [-0.05, 0) is 43.9 Å². The van der Waals surface area contributed by atoms with Crippen molar-refractivity contribution in [3.05, 3.63) is 40.4 Å². The molecule has 0 amide bonds. The molecule has 0 saturated heterocycles. The average molecular weight is 332 g/mol. The van der Waals surface area contributed by atoms with E-state index in [4.69, 9.17) is 0 Å². The summed E-state index contributed by atoms with van der Waals surface area (Å²) in [5.74, 6) is 3.81. The third kappa shape index (κ3) is 4.82. The fourth-order valence-corrected chi connectivity index (χ4v) is 3.06. The Bertz CT molecular complexity index is 684. The maximum atomic E-state index is 11.5. The van der Waals surface area contributed by atoms with Gasteiger partial charge in [0.2, 0.25) is 0 Å². The topological polar surface area (TPSA) is 61.9 Å². The average Bonchev–Trinajstić information content (AvgIpc) is 2.53. The predicted molar refractivity (Wildman–Crippen MR) is 98.3 cm³/mol. The van der Waals surface area contributed by atoms with Gasteiger partial charge in [-0.25, -0.2) is 9.97 Å². The van der Waals surface area contributed by atoms with Crippen molar-refractivity contribution in [3.8, 4) is 11.4 Å². The standard InChI is InChI=1S/C17H24N4OS/c1-5-23-9-8-13(3)21(4)15-7-6-14(11-18-15)17-19-12(2)10-16(22)20-17/h6-7,10-11,13H,5,8-9H2,1-4H3,(H,19,20,22). The van der Waals surface area contributed by atoms with Gasteiger partial charge in [0.05, 0.1) is 0 Å². The lowest BCUT2D eigenvalue weighted by molar-refractivity contribution is 0.662. The number of nitrogens with zero attached hydrogens (tertiary/aromatic N) is 3. The van der Waals surface area contributed by atoms with Crippen LogP contribution in [0.1, 0.15) is 26.0 Å². The summed E-state index contributed by atoms with van der Waals surface area (Å²) in [6.45, 7) is 6.21. The first-order valence-electron chi connectivity index (χ1n) is 7.86. The Balaban J connectivity index is 2.10. The number of H-pyrrole nitrogens is 1. The molecule has 0 aliphatic rings. The van der Waals surface area contributed by atoms with E-state index in [1.54, 1.807) is 6.20 Å². The molecule has 0 spiro atoms. The molecule has 0 aromatic carbocycles. The molecule has 0 saturated carbocycles. The number of pyridine rings is 1. The number of rotatable bonds is 7. The number of nitrogens with one attached hydrogen (secondary N) is 1. The summed E-state index contributed by atoms with van der Waals surface area (Å²) in [5, 5.41) is 0. The van der Waals surface area contributed by atoms with E-state index >= 15 is 0 Å². The van der Waals surface area contributed by atoms with Gasteiger partial charge in [-0.3, -0.25) is 4.79 Å². The fraction of sp³-hybridized carbons (Fsp3) is 0.471. The summed E-state index contributed by atoms with van der Waals surface area (Å²) in [6, 6.07) is 5.84. The fourth-order valence-electron chi connectivity index (χ4n) is 2.27. The highest BCUT2D eigenvalue weighted by atomic mass is 32.2. The summed E-state index contributed by atoms with van der Waals surface area (Å²) in [4.78, 5) is 25.4. The summed E-state index contributed by atoms with van der Waals surface area (Å²) < 4.78 is 0. The highest BCUT2D eigenvalue weighted by Crippen LogP contribution is 2.19. The van der Waals surface area contributed by atoms with Crippen LogP contribution in [0.3, 0.4) is 0 Å². The Morgan fingerprint density at radius 2 is 2.17 bits per heavy atom. The lowest BCUT2D eigenvalue weighted by atomic mass is 10.2. The van der Waals surface area contributed by atoms with Crippen LogP contribution < -0.4 is 10.5 Å².